The van der Waals surface area contributed by atoms with Crippen molar-refractivity contribution < 1.29 is 13.9 Å². The number of furan rings is 1. The van der Waals surface area contributed by atoms with Crippen LogP contribution in [0.4, 0.5) is 5.69 Å². The maximum atomic E-state index is 11.5. The Balaban J connectivity index is 1.63. The van der Waals surface area contributed by atoms with Gasteiger partial charge in [0.25, 0.3) is 0 Å². The maximum Gasteiger partial charge on any atom is 0.337 e. The molecule has 1 aromatic carbocycles. The van der Waals surface area contributed by atoms with Gasteiger partial charge in [-0.05, 0) is 54.7 Å². The Kier molecular flexibility index (Phi) is 7.64. The standard InChI is InChI=1S/C17H20N2O3S2/c1-21-16(20)13-5-2-6-14(11-13)19-17(23)18-8-4-10-24-12-15-7-3-9-22-15/h2-3,5-7,9,11H,4,8,10,12H2,1H3,(H2,18,19,23). The van der Waals surface area contributed by atoms with E-state index in [9.17, 15) is 4.79 Å². The SMILES string of the molecule is COC(=O)c1cccc(NC(=S)NCCCSCc2ccco2)c1. The van der Waals surface area contributed by atoms with E-state index >= 15 is 0 Å². The van der Waals surface area contributed by atoms with E-state index in [0.717, 1.165) is 35.9 Å². The molecule has 0 amide bonds. The normalized spacial score (nSPS) is 10.2. The van der Waals surface area contributed by atoms with E-state index in [0.29, 0.717) is 10.7 Å². The minimum Gasteiger partial charge on any atom is -0.468 e. The van der Waals surface area contributed by atoms with Crippen LogP contribution in [0, 0.1) is 0 Å². The Morgan fingerprint density at radius 2 is 2.21 bits per heavy atom. The maximum absolute atomic E-state index is 11.5. The fraction of sp³-hybridized carbons (Fsp3) is 0.294. The largest absolute Gasteiger partial charge is 0.468 e. The van der Waals surface area contributed by atoms with Gasteiger partial charge in [-0.25, -0.2) is 4.79 Å². The van der Waals surface area contributed by atoms with Crippen molar-refractivity contribution in [2.75, 3.05) is 24.7 Å². The van der Waals surface area contributed by atoms with Crippen molar-refractivity contribution in [2.45, 2.75) is 12.2 Å². The number of ether oxygens (including phenoxy) is 1. The Labute approximate surface area is 151 Å². The summed E-state index contributed by atoms with van der Waals surface area (Å²) in [5.41, 5.74) is 1.24. The second-order valence-electron chi connectivity index (χ2n) is 4.94. The highest BCUT2D eigenvalue weighted by molar-refractivity contribution is 7.98. The number of thiocarbonyl (C=S) groups is 1. The number of esters is 1. The molecule has 128 valence electrons. The fourth-order valence-corrected chi connectivity index (χ4v) is 3.04. The number of carbonyl (C=O) groups is 1. The van der Waals surface area contributed by atoms with Gasteiger partial charge < -0.3 is 19.8 Å². The summed E-state index contributed by atoms with van der Waals surface area (Å²) >= 11 is 7.08. The van der Waals surface area contributed by atoms with Crippen molar-refractivity contribution >= 4 is 40.7 Å². The van der Waals surface area contributed by atoms with E-state index in [2.05, 4.69) is 10.6 Å². The summed E-state index contributed by atoms with van der Waals surface area (Å²) in [7, 11) is 1.36. The number of hydrogen-bond acceptors (Lipinski definition) is 5. The van der Waals surface area contributed by atoms with Gasteiger partial charge in [-0.1, -0.05) is 6.07 Å². The van der Waals surface area contributed by atoms with Gasteiger partial charge in [0.05, 0.1) is 24.7 Å². The molecule has 24 heavy (non-hydrogen) atoms. The minimum atomic E-state index is -0.369. The molecule has 2 N–H and O–H groups in total. The van der Waals surface area contributed by atoms with Crippen molar-refractivity contribution in [2.24, 2.45) is 0 Å². The van der Waals surface area contributed by atoms with Crippen LogP contribution in [0.25, 0.3) is 0 Å². The number of methoxy groups -OCH3 is 1. The Morgan fingerprint density at radius 1 is 1.33 bits per heavy atom. The Hall–Kier alpha value is -1.99. The molecule has 0 aliphatic heterocycles. The predicted octanol–water partition coefficient (Wildman–Crippen LogP) is 3.68. The van der Waals surface area contributed by atoms with Crippen LogP contribution in [-0.2, 0) is 10.5 Å². The predicted molar refractivity (Wildman–Crippen MR) is 101 cm³/mol. The van der Waals surface area contributed by atoms with Crippen molar-refractivity contribution in [1.29, 1.82) is 0 Å². The first kappa shape index (κ1) is 18.4. The highest BCUT2D eigenvalue weighted by atomic mass is 32.2. The highest BCUT2D eigenvalue weighted by Gasteiger charge is 2.06. The molecule has 0 unspecified atom stereocenters. The smallest absolute Gasteiger partial charge is 0.337 e. The van der Waals surface area contributed by atoms with Crippen LogP contribution in [0.1, 0.15) is 22.5 Å². The van der Waals surface area contributed by atoms with Gasteiger partial charge >= 0.3 is 5.97 Å². The molecule has 0 aliphatic rings. The molecule has 0 saturated heterocycles. The van der Waals surface area contributed by atoms with Gasteiger partial charge in [0.2, 0.25) is 0 Å². The molecular formula is C17H20N2O3S2. The first-order chi connectivity index (χ1) is 11.7. The summed E-state index contributed by atoms with van der Waals surface area (Å²) in [5, 5.41) is 6.76. The molecule has 0 fully saturated rings. The van der Waals surface area contributed by atoms with Gasteiger partial charge in [0.1, 0.15) is 5.76 Å². The number of rotatable bonds is 8. The first-order valence-corrected chi connectivity index (χ1v) is 9.08. The second-order valence-corrected chi connectivity index (χ2v) is 6.45. The van der Waals surface area contributed by atoms with Gasteiger partial charge in [-0.3, -0.25) is 0 Å². The lowest BCUT2D eigenvalue weighted by molar-refractivity contribution is 0.0601. The molecule has 0 bridgehead atoms. The number of carbonyl (C=O) groups excluding carboxylic acids is 1. The minimum absolute atomic E-state index is 0.369. The van der Waals surface area contributed by atoms with Crippen LogP contribution in [-0.4, -0.2) is 30.5 Å². The van der Waals surface area contributed by atoms with E-state index in [4.69, 9.17) is 21.4 Å². The number of thioether (sulfide) groups is 1. The summed E-state index contributed by atoms with van der Waals surface area (Å²) in [6.45, 7) is 0.785. The summed E-state index contributed by atoms with van der Waals surface area (Å²) < 4.78 is 9.98. The second kappa shape index (κ2) is 10.00. The molecule has 1 aromatic heterocycles. The van der Waals surface area contributed by atoms with Crippen LogP contribution in [0.3, 0.4) is 0 Å². The van der Waals surface area contributed by atoms with Gasteiger partial charge in [0.15, 0.2) is 5.11 Å². The monoisotopic (exact) mass is 364 g/mol. The van der Waals surface area contributed by atoms with Crippen LogP contribution in [0.5, 0.6) is 0 Å². The van der Waals surface area contributed by atoms with Crippen LogP contribution in [0.15, 0.2) is 47.1 Å². The van der Waals surface area contributed by atoms with Crippen molar-refractivity contribution in [1.82, 2.24) is 5.32 Å². The number of anilines is 1. The van der Waals surface area contributed by atoms with Gasteiger partial charge in [-0.15, -0.1) is 0 Å². The fourth-order valence-electron chi connectivity index (χ4n) is 1.96. The summed E-state index contributed by atoms with van der Waals surface area (Å²) in [5.74, 6) is 2.53. The lowest BCUT2D eigenvalue weighted by Gasteiger charge is -2.11. The van der Waals surface area contributed by atoms with E-state index in [1.807, 2.05) is 30.0 Å². The average Bonchev–Trinajstić information content (AvgIpc) is 3.11. The third-order valence-electron chi connectivity index (χ3n) is 3.12. The Morgan fingerprint density at radius 3 is 2.96 bits per heavy atom. The molecule has 1 heterocycles. The average molecular weight is 364 g/mol. The molecule has 5 nitrogen and oxygen atoms in total. The van der Waals surface area contributed by atoms with Crippen LogP contribution in [0.2, 0.25) is 0 Å². The molecule has 0 spiro atoms. The molecule has 0 aliphatic carbocycles. The van der Waals surface area contributed by atoms with Crippen molar-refractivity contribution in [3.8, 4) is 0 Å². The zero-order valence-electron chi connectivity index (χ0n) is 13.4. The quantitative estimate of drug-likeness (QED) is 0.421. The van der Waals surface area contributed by atoms with E-state index < -0.39 is 0 Å². The Bertz CT molecular complexity index is 660. The zero-order valence-corrected chi connectivity index (χ0v) is 15.0. The summed E-state index contributed by atoms with van der Waals surface area (Å²) in [6.07, 6.45) is 2.69. The molecular weight excluding hydrogens is 344 g/mol. The molecule has 7 heteroatoms. The van der Waals surface area contributed by atoms with E-state index in [1.54, 1.807) is 24.5 Å². The van der Waals surface area contributed by atoms with E-state index in [1.165, 1.54) is 7.11 Å². The molecule has 2 aromatic rings. The van der Waals surface area contributed by atoms with Crippen molar-refractivity contribution in [3.05, 3.63) is 54.0 Å². The lowest BCUT2D eigenvalue weighted by atomic mass is 10.2. The number of hydrogen-bond donors (Lipinski definition) is 2. The zero-order chi connectivity index (χ0) is 17.2. The topological polar surface area (TPSA) is 63.5 Å². The number of nitrogens with one attached hydrogen (secondary N) is 2. The molecule has 0 radical (unpaired) electrons. The molecule has 2 rings (SSSR count). The third kappa shape index (κ3) is 6.25. The molecule has 0 atom stereocenters. The number of benzene rings is 1. The van der Waals surface area contributed by atoms with Crippen LogP contribution < -0.4 is 10.6 Å². The van der Waals surface area contributed by atoms with Crippen molar-refractivity contribution in [3.63, 3.8) is 0 Å². The summed E-state index contributed by atoms with van der Waals surface area (Å²) in [6, 6.07) is 10.9. The van der Waals surface area contributed by atoms with Gasteiger partial charge in [-0.2, -0.15) is 11.8 Å². The summed E-state index contributed by atoms with van der Waals surface area (Å²) in [4.78, 5) is 11.5. The molecule has 0 saturated carbocycles. The highest BCUT2D eigenvalue weighted by Crippen LogP contribution is 2.13. The third-order valence-corrected chi connectivity index (χ3v) is 4.43. The van der Waals surface area contributed by atoms with Gasteiger partial charge in [0, 0.05) is 12.2 Å². The lowest BCUT2D eigenvalue weighted by Crippen LogP contribution is -2.29. The van der Waals surface area contributed by atoms with E-state index in [-0.39, 0.29) is 5.97 Å². The first-order valence-electron chi connectivity index (χ1n) is 7.52. The van der Waals surface area contributed by atoms with Crippen LogP contribution >= 0.6 is 24.0 Å².